The zero-order valence-corrected chi connectivity index (χ0v) is 7.73. The van der Waals surface area contributed by atoms with Crippen LogP contribution in [0, 0.1) is 0 Å². The second kappa shape index (κ2) is 4.18. The number of aliphatic hydroxyl groups is 1. The predicted molar refractivity (Wildman–Crippen MR) is 46.9 cm³/mol. The van der Waals surface area contributed by atoms with Crippen molar-refractivity contribution in [2.75, 3.05) is 27.2 Å². The lowest BCUT2D eigenvalue weighted by Gasteiger charge is -2.36. The fraction of sp³-hybridized carbons (Fsp3) is 1.00. The molecule has 0 aliphatic carbocycles. The Kier molecular flexibility index (Phi) is 3.46. The van der Waals surface area contributed by atoms with E-state index in [1.807, 2.05) is 19.0 Å². The van der Waals surface area contributed by atoms with Gasteiger partial charge in [0.05, 0.1) is 18.8 Å². The zero-order chi connectivity index (χ0) is 9.14. The van der Waals surface area contributed by atoms with Crippen LogP contribution < -0.4 is 5.73 Å². The van der Waals surface area contributed by atoms with Crippen molar-refractivity contribution in [2.45, 2.75) is 24.7 Å². The van der Waals surface area contributed by atoms with Crippen LogP contribution in [0.5, 0.6) is 0 Å². The molecule has 1 heterocycles. The van der Waals surface area contributed by atoms with Gasteiger partial charge in [-0.1, -0.05) is 0 Å². The van der Waals surface area contributed by atoms with Crippen LogP contribution in [-0.4, -0.2) is 55.5 Å². The number of aliphatic hydroxyl groups excluding tert-OH is 1. The maximum Gasteiger partial charge on any atom is 0.0929 e. The molecule has 0 aromatic rings. The van der Waals surface area contributed by atoms with E-state index in [1.165, 1.54) is 0 Å². The van der Waals surface area contributed by atoms with E-state index in [2.05, 4.69) is 0 Å². The van der Waals surface area contributed by atoms with Crippen molar-refractivity contribution in [3.05, 3.63) is 0 Å². The summed E-state index contributed by atoms with van der Waals surface area (Å²) in [5.41, 5.74) is 5.49. The van der Waals surface area contributed by atoms with Gasteiger partial charge in [0.1, 0.15) is 0 Å². The maximum absolute atomic E-state index is 9.55. The number of hydrogen-bond donors (Lipinski definition) is 2. The first kappa shape index (κ1) is 9.92. The number of nitrogens with zero attached hydrogens (tertiary/aromatic N) is 1. The van der Waals surface area contributed by atoms with Gasteiger partial charge in [-0.15, -0.1) is 0 Å². The molecular weight excluding hydrogens is 156 g/mol. The highest BCUT2D eigenvalue weighted by Gasteiger charge is 2.30. The second-order valence-electron chi connectivity index (χ2n) is 3.53. The summed E-state index contributed by atoms with van der Waals surface area (Å²) in [4.78, 5) is 2.02. The van der Waals surface area contributed by atoms with Gasteiger partial charge >= 0.3 is 0 Å². The topological polar surface area (TPSA) is 58.7 Å². The lowest BCUT2D eigenvalue weighted by atomic mass is 10.00. The summed E-state index contributed by atoms with van der Waals surface area (Å²) in [6, 6.07) is 0.187. The van der Waals surface area contributed by atoms with Gasteiger partial charge in [0.25, 0.3) is 0 Å². The molecule has 3 N–H and O–H groups in total. The van der Waals surface area contributed by atoms with Crippen LogP contribution in [0.1, 0.15) is 6.42 Å². The number of hydrogen-bond acceptors (Lipinski definition) is 4. The summed E-state index contributed by atoms with van der Waals surface area (Å²) in [6.07, 6.45) is 0.564. The third kappa shape index (κ3) is 2.17. The van der Waals surface area contributed by atoms with Crippen molar-refractivity contribution in [1.29, 1.82) is 0 Å². The number of ether oxygens (including phenoxy) is 1. The monoisotopic (exact) mass is 174 g/mol. The molecule has 1 aliphatic rings. The summed E-state index contributed by atoms with van der Waals surface area (Å²) in [5.74, 6) is 0. The molecular formula is C8H18N2O2. The molecule has 1 saturated heterocycles. The van der Waals surface area contributed by atoms with Gasteiger partial charge in [-0.2, -0.15) is 0 Å². The normalized spacial score (nSPS) is 37.2. The summed E-state index contributed by atoms with van der Waals surface area (Å²) in [6.45, 7) is 0.946. The Balaban J connectivity index is 2.47. The summed E-state index contributed by atoms with van der Waals surface area (Å²) in [7, 11) is 3.93. The van der Waals surface area contributed by atoms with E-state index in [1.54, 1.807) is 0 Å². The van der Waals surface area contributed by atoms with E-state index in [4.69, 9.17) is 10.5 Å². The lowest BCUT2D eigenvalue weighted by Crippen LogP contribution is -2.50. The van der Waals surface area contributed by atoms with Gasteiger partial charge in [0, 0.05) is 12.6 Å². The largest absolute Gasteiger partial charge is 0.389 e. The van der Waals surface area contributed by atoms with Gasteiger partial charge in [-0.25, -0.2) is 0 Å². The molecule has 0 aromatic carbocycles. The van der Waals surface area contributed by atoms with Crippen molar-refractivity contribution in [3.63, 3.8) is 0 Å². The molecule has 4 heteroatoms. The Morgan fingerprint density at radius 2 is 2.25 bits per heavy atom. The van der Waals surface area contributed by atoms with Crippen molar-refractivity contribution in [3.8, 4) is 0 Å². The fourth-order valence-corrected chi connectivity index (χ4v) is 1.56. The first-order valence-corrected chi connectivity index (χ1v) is 4.31. The Morgan fingerprint density at radius 1 is 1.58 bits per heavy atom. The fourth-order valence-electron chi connectivity index (χ4n) is 1.56. The van der Waals surface area contributed by atoms with Gasteiger partial charge < -0.3 is 20.5 Å². The maximum atomic E-state index is 9.55. The summed E-state index contributed by atoms with van der Waals surface area (Å²) < 4.78 is 5.32. The van der Waals surface area contributed by atoms with Crippen LogP contribution in [-0.2, 0) is 4.74 Å². The van der Waals surface area contributed by atoms with Crippen LogP contribution >= 0.6 is 0 Å². The average Bonchev–Trinajstić information content (AvgIpc) is 2.05. The third-order valence-electron chi connectivity index (χ3n) is 2.38. The Hall–Kier alpha value is -0.160. The molecule has 0 saturated carbocycles. The summed E-state index contributed by atoms with van der Waals surface area (Å²) in [5, 5.41) is 9.55. The van der Waals surface area contributed by atoms with Gasteiger partial charge in [-0.3, -0.25) is 0 Å². The van der Waals surface area contributed by atoms with Gasteiger partial charge in [0.15, 0.2) is 0 Å². The van der Waals surface area contributed by atoms with Crippen LogP contribution in [0.2, 0.25) is 0 Å². The van der Waals surface area contributed by atoms with Crippen molar-refractivity contribution >= 4 is 0 Å². The van der Waals surface area contributed by atoms with E-state index in [9.17, 15) is 5.11 Å². The Morgan fingerprint density at radius 3 is 2.75 bits per heavy atom. The molecule has 4 nitrogen and oxygen atoms in total. The first-order valence-electron chi connectivity index (χ1n) is 4.31. The zero-order valence-electron chi connectivity index (χ0n) is 7.73. The minimum Gasteiger partial charge on any atom is -0.389 e. The molecule has 0 bridgehead atoms. The van der Waals surface area contributed by atoms with Gasteiger partial charge in [-0.05, 0) is 20.5 Å². The lowest BCUT2D eigenvalue weighted by molar-refractivity contribution is -0.0905. The third-order valence-corrected chi connectivity index (χ3v) is 2.38. The van der Waals surface area contributed by atoms with Crippen LogP contribution in [0.4, 0.5) is 0 Å². The molecule has 0 spiro atoms. The van der Waals surface area contributed by atoms with E-state index < -0.39 is 0 Å². The van der Waals surface area contributed by atoms with Crippen molar-refractivity contribution in [1.82, 2.24) is 4.90 Å². The Labute approximate surface area is 73.3 Å². The Bertz CT molecular complexity index is 141. The highest BCUT2D eigenvalue weighted by molar-refractivity contribution is 4.83. The highest BCUT2D eigenvalue weighted by Crippen LogP contribution is 2.16. The average molecular weight is 174 g/mol. The molecule has 72 valence electrons. The van der Waals surface area contributed by atoms with E-state index in [0.717, 1.165) is 6.42 Å². The smallest absolute Gasteiger partial charge is 0.0929 e. The van der Waals surface area contributed by atoms with E-state index in [-0.39, 0.29) is 18.2 Å². The van der Waals surface area contributed by atoms with E-state index in [0.29, 0.717) is 13.2 Å². The van der Waals surface area contributed by atoms with Crippen LogP contribution in [0.25, 0.3) is 0 Å². The van der Waals surface area contributed by atoms with E-state index >= 15 is 0 Å². The molecule has 0 radical (unpaired) electrons. The minimum atomic E-state index is -0.372. The molecule has 12 heavy (non-hydrogen) atoms. The quantitative estimate of drug-likeness (QED) is 0.565. The SMILES string of the molecule is CN(C)C1C[C@@H](CN)OCC1O. The molecule has 0 amide bonds. The highest BCUT2D eigenvalue weighted by atomic mass is 16.5. The molecule has 1 fully saturated rings. The number of rotatable bonds is 2. The van der Waals surface area contributed by atoms with Crippen LogP contribution in [0.15, 0.2) is 0 Å². The minimum absolute atomic E-state index is 0.112. The molecule has 2 unspecified atom stereocenters. The molecule has 1 aliphatic heterocycles. The molecule has 0 aromatic heterocycles. The number of nitrogens with two attached hydrogens (primary N) is 1. The molecule has 3 atom stereocenters. The first-order chi connectivity index (χ1) is 5.65. The van der Waals surface area contributed by atoms with Crippen molar-refractivity contribution < 1.29 is 9.84 Å². The second-order valence-corrected chi connectivity index (χ2v) is 3.53. The van der Waals surface area contributed by atoms with Gasteiger partial charge in [0.2, 0.25) is 0 Å². The standard InChI is InChI=1S/C8H18N2O2/c1-10(2)7-3-6(4-9)12-5-8(7)11/h6-8,11H,3-5,9H2,1-2H3/t6-,7?,8?/m0/s1. The van der Waals surface area contributed by atoms with Crippen LogP contribution in [0.3, 0.4) is 0 Å². The molecule has 1 rings (SSSR count). The van der Waals surface area contributed by atoms with Crippen molar-refractivity contribution in [2.24, 2.45) is 5.73 Å². The summed E-state index contributed by atoms with van der Waals surface area (Å²) >= 11 is 0. The number of likely N-dealkylation sites (N-methyl/N-ethyl adjacent to an activating group) is 1. The predicted octanol–water partition coefficient (Wildman–Crippen LogP) is -0.975.